The van der Waals surface area contributed by atoms with Gasteiger partial charge in [0.2, 0.25) is 5.91 Å². The Kier molecular flexibility index (Phi) is 15.4. The molecule has 0 aliphatic heterocycles. The number of carbonyl (C=O) groups is 1. The molecule has 0 bridgehead atoms. The molecule has 1 saturated carbocycles. The SMILES string of the molecule is C.CC(C)N(CCCCCCCCNC(=O)C1CCCCCCC1)N=O. The van der Waals surface area contributed by atoms with Crippen molar-refractivity contribution < 1.29 is 4.79 Å². The predicted octanol–water partition coefficient (Wildman–Crippen LogP) is 5.83. The van der Waals surface area contributed by atoms with Crippen LogP contribution in [0.5, 0.6) is 0 Å². The molecule has 0 unspecified atom stereocenters. The van der Waals surface area contributed by atoms with Crippen molar-refractivity contribution in [1.29, 1.82) is 0 Å². The Bertz CT molecular complexity index is 353. The molecule has 0 radical (unpaired) electrons. The van der Waals surface area contributed by atoms with Gasteiger partial charge in [-0.15, -0.1) is 4.91 Å². The van der Waals surface area contributed by atoms with Crippen molar-refractivity contribution in [2.24, 2.45) is 11.2 Å². The van der Waals surface area contributed by atoms with E-state index in [-0.39, 0.29) is 25.3 Å². The lowest BCUT2D eigenvalue weighted by Crippen LogP contribution is -2.31. The van der Waals surface area contributed by atoms with Gasteiger partial charge in [-0.25, -0.2) is 0 Å². The molecule has 1 aliphatic rings. The average molecular weight is 370 g/mol. The fraction of sp³-hybridized carbons (Fsp3) is 0.952. The van der Waals surface area contributed by atoms with Gasteiger partial charge in [0, 0.05) is 25.0 Å². The van der Waals surface area contributed by atoms with E-state index < -0.39 is 0 Å². The molecule has 1 fully saturated rings. The molecule has 0 aromatic rings. The van der Waals surface area contributed by atoms with Crippen LogP contribution in [0.1, 0.15) is 105 Å². The van der Waals surface area contributed by atoms with Crippen LogP contribution in [0.2, 0.25) is 0 Å². The second-order valence-corrected chi connectivity index (χ2v) is 7.79. The van der Waals surface area contributed by atoms with Crippen molar-refractivity contribution >= 4 is 5.91 Å². The number of hydrogen-bond acceptors (Lipinski definition) is 3. The van der Waals surface area contributed by atoms with E-state index in [2.05, 4.69) is 10.6 Å². The van der Waals surface area contributed by atoms with Crippen molar-refractivity contribution in [1.82, 2.24) is 10.3 Å². The standard InChI is InChI=1S/C20H39N3O2.CH4/c1-18(2)23(22-25)17-13-9-4-3-8-12-16-21-20(24)19-14-10-6-5-7-11-15-19;/h18-19H,3-17H2,1-2H3,(H,21,24);1H4. The van der Waals surface area contributed by atoms with Gasteiger partial charge in [-0.05, 0) is 39.5 Å². The van der Waals surface area contributed by atoms with Crippen LogP contribution in [0, 0.1) is 10.8 Å². The molecule has 5 heteroatoms. The minimum absolute atomic E-state index is 0. The van der Waals surface area contributed by atoms with Gasteiger partial charge in [-0.1, -0.05) is 65.2 Å². The number of amides is 1. The van der Waals surface area contributed by atoms with Crippen molar-refractivity contribution in [3.8, 4) is 0 Å². The van der Waals surface area contributed by atoms with Gasteiger partial charge in [-0.3, -0.25) is 9.80 Å². The largest absolute Gasteiger partial charge is 0.356 e. The summed E-state index contributed by atoms with van der Waals surface area (Å²) in [6, 6.07) is 0.193. The molecule has 0 atom stereocenters. The molecule has 0 saturated heterocycles. The summed E-state index contributed by atoms with van der Waals surface area (Å²) in [5, 5.41) is 7.82. The lowest BCUT2D eigenvalue weighted by molar-refractivity contribution is -0.125. The molecule has 1 rings (SSSR count). The van der Waals surface area contributed by atoms with Crippen LogP contribution < -0.4 is 5.32 Å². The van der Waals surface area contributed by atoms with Crippen LogP contribution in [0.3, 0.4) is 0 Å². The Hall–Kier alpha value is -1.13. The van der Waals surface area contributed by atoms with Gasteiger partial charge < -0.3 is 5.32 Å². The van der Waals surface area contributed by atoms with Crippen LogP contribution in [-0.4, -0.2) is 30.0 Å². The number of unbranched alkanes of at least 4 members (excludes halogenated alkanes) is 5. The molecule has 1 amide bonds. The minimum Gasteiger partial charge on any atom is -0.356 e. The molecule has 5 nitrogen and oxygen atoms in total. The summed E-state index contributed by atoms with van der Waals surface area (Å²) in [4.78, 5) is 22.9. The third-order valence-corrected chi connectivity index (χ3v) is 5.29. The summed E-state index contributed by atoms with van der Waals surface area (Å²) in [6.07, 6.45) is 15.3. The fourth-order valence-corrected chi connectivity index (χ4v) is 3.57. The highest BCUT2D eigenvalue weighted by Gasteiger charge is 2.18. The first-order valence-electron chi connectivity index (χ1n) is 10.5. The second-order valence-electron chi connectivity index (χ2n) is 7.79. The lowest BCUT2D eigenvalue weighted by Gasteiger charge is -2.19. The predicted molar refractivity (Wildman–Crippen MR) is 111 cm³/mol. The van der Waals surface area contributed by atoms with Crippen LogP contribution >= 0.6 is 0 Å². The van der Waals surface area contributed by atoms with Gasteiger partial charge in [0.25, 0.3) is 0 Å². The number of carbonyl (C=O) groups excluding carboxylic acids is 1. The molecule has 0 aromatic heterocycles. The van der Waals surface area contributed by atoms with Crippen LogP contribution in [0.25, 0.3) is 0 Å². The first-order chi connectivity index (χ1) is 12.1. The topological polar surface area (TPSA) is 61.8 Å². The Balaban J connectivity index is 0.00000625. The van der Waals surface area contributed by atoms with E-state index in [4.69, 9.17) is 0 Å². The molecule has 154 valence electrons. The van der Waals surface area contributed by atoms with Crippen LogP contribution in [-0.2, 0) is 4.79 Å². The second kappa shape index (κ2) is 16.1. The Labute approximate surface area is 161 Å². The summed E-state index contributed by atoms with van der Waals surface area (Å²) in [6.45, 7) is 5.57. The molecule has 0 heterocycles. The van der Waals surface area contributed by atoms with Gasteiger partial charge >= 0.3 is 0 Å². The highest BCUT2D eigenvalue weighted by molar-refractivity contribution is 5.78. The van der Waals surface area contributed by atoms with E-state index in [0.717, 1.165) is 45.2 Å². The molecule has 0 aromatic carbocycles. The molecule has 26 heavy (non-hydrogen) atoms. The zero-order valence-electron chi connectivity index (χ0n) is 16.5. The lowest BCUT2D eigenvalue weighted by atomic mass is 9.90. The third kappa shape index (κ3) is 11.5. The van der Waals surface area contributed by atoms with Crippen molar-refractivity contribution in [3.05, 3.63) is 4.91 Å². The van der Waals surface area contributed by atoms with E-state index in [1.54, 1.807) is 5.01 Å². The maximum absolute atomic E-state index is 12.2. The van der Waals surface area contributed by atoms with Gasteiger partial charge in [0.1, 0.15) is 0 Å². The van der Waals surface area contributed by atoms with E-state index in [1.165, 1.54) is 51.4 Å². The number of nitrogens with one attached hydrogen (secondary N) is 1. The van der Waals surface area contributed by atoms with E-state index in [1.807, 2.05) is 13.8 Å². The van der Waals surface area contributed by atoms with Gasteiger partial charge in [0.15, 0.2) is 0 Å². The van der Waals surface area contributed by atoms with Gasteiger partial charge in [-0.2, -0.15) is 0 Å². The first-order valence-corrected chi connectivity index (χ1v) is 10.5. The maximum atomic E-state index is 12.2. The zero-order chi connectivity index (χ0) is 18.3. The zero-order valence-corrected chi connectivity index (χ0v) is 16.5. The highest BCUT2D eigenvalue weighted by atomic mass is 16.3. The summed E-state index contributed by atoms with van der Waals surface area (Å²) < 4.78 is 0. The van der Waals surface area contributed by atoms with Crippen molar-refractivity contribution in [2.45, 2.75) is 111 Å². The molecule has 1 N–H and O–H groups in total. The van der Waals surface area contributed by atoms with E-state index >= 15 is 0 Å². The number of rotatable bonds is 12. The van der Waals surface area contributed by atoms with Gasteiger partial charge in [0.05, 0.1) is 5.29 Å². The monoisotopic (exact) mass is 369 g/mol. The smallest absolute Gasteiger partial charge is 0.223 e. The van der Waals surface area contributed by atoms with E-state index in [0.29, 0.717) is 0 Å². The quantitative estimate of drug-likeness (QED) is 0.267. The number of hydrogen-bond donors (Lipinski definition) is 1. The highest BCUT2D eigenvalue weighted by Crippen LogP contribution is 2.22. The number of nitroso groups, excluding NO2 is 1. The Morgan fingerprint density at radius 3 is 2.08 bits per heavy atom. The van der Waals surface area contributed by atoms with Crippen molar-refractivity contribution in [2.75, 3.05) is 13.1 Å². The first kappa shape index (κ1) is 24.9. The summed E-state index contributed by atoms with van der Waals surface area (Å²) in [7, 11) is 0. The van der Waals surface area contributed by atoms with Crippen LogP contribution in [0.4, 0.5) is 0 Å². The molecule has 1 aliphatic carbocycles. The average Bonchev–Trinajstić information content (AvgIpc) is 2.55. The van der Waals surface area contributed by atoms with E-state index in [9.17, 15) is 9.70 Å². The third-order valence-electron chi connectivity index (χ3n) is 5.29. The molecular weight excluding hydrogens is 326 g/mol. The fourth-order valence-electron chi connectivity index (χ4n) is 3.57. The maximum Gasteiger partial charge on any atom is 0.223 e. The normalized spacial score (nSPS) is 15.7. The summed E-state index contributed by atoms with van der Waals surface area (Å²) in [5.74, 6) is 0.549. The Morgan fingerprint density at radius 2 is 1.50 bits per heavy atom. The number of nitrogens with zero attached hydrogens (tertiary/aromatic N) is 2. The summed E-state index contributed by atoms with van der Waals surface area (Å²) in [5.41, 5.74) is 0. The molecular formula is C21H43N3O2. The summed E-state index contributed by atoms with van der Waals surface area (Å²) >= 11 is 0. The van der Waals surface area contributed by atoms with Crippen LogP contribution in [0.15, 0.2) is 5.29 Å². The molecule has 0 spiro atoms. The minimum atomic E-state index is 0. The van der Waals surface area contributed by atoms with Crippen molar-refractivity contribution in [3.63, 3.8) is 0 Å². The Morgan fingerprint density at radius 1 is 0.962 bits per heavy atom.